The Balaban J connectivity index is 2.16. The zero-order valence-corrected chi connectivity index (χ0v) is 8.61. The van der Waals surface area contributed by atoms with Crippen molar-refractivity contribution in [2.24, 2.45) is 0 Å². The minimum Gasteiger partial charge on any atom is -0.310 e. The maximum Gasteiger partial charge on any atom is 0.0705 e. The van der Waals surface area contributed by atoms with Gasteiger partial charge < -0.3 is 5.32 Å². The number of hydrogen-bond acceptors (Lipinski definition) is 2. The Morgan fingerprint density at radius 2 is 2.20 bits per heavy atom. The molecule has 15 heavy (non-hydrogen) atoms. The van der Waals surface area contributed by atoms with E-state index in [1.54, 1.807) is 0 Å². The van der Waals surface area contributed by atoms with Crippen molar-refractivity contribution in [3.05, 3.63) is 42.1 Å². The Morgan fingerprint density at radius 3 is 3.07 bits per heavy atom. The van der Waals surface area contributed by atoms with Crippen molar-refractivity contribution in [1.29, 1.82) is 0 Å². The van der Waals surface area contributed by atoms with Gasteiger partial charge in [-0.2, -0.15) is 0 Å². The maximum absolute atomic E-state index is 4.39. The second kappa shape index (κ2) is 3.63. The fraction of sp³-hybridized carbons (Fsp3) is 0.308. The van der Waals surface area contributed by atoms with Crippen LogP contribution in [0, 0.1) is 0 Å². The lowest BCUT2D eigenvalue weighted by molar-refractivity contribution is 0.653. The molecule has 76 valence electrons. The van der Waals surface area contributed by atoms with Crippen LogP contribution in [0.25, 0.3) is 10.9 Å². The zero-order chi connectivity index (χ0) is 10.1. The molecule has 1 aliphatic rings. The smallest absolute Gasteiger partial charge is 0.0705 e. The van der Waals surface area contributed by atoms with Crippen LogP contribution < -0.4 is 5.32 Å². The number of hydrogen-bond donors (Lipinski definition) is 1. The summed E-state index contributed by atoms with van der Waals surface area (Å²) < 4.78 is 0. The van der Waals surface area contributed by atoms with Crippen LogP contribution in [0.5, 0.6) is 0 Å². The first-order valence-electron chi connectivity index (χ1n) is 5.52. The van der Waals surface area contributed by atoms with Crippen molar-refractivity contribution in [1.82, 2.24) is 10.3 Å². The van der Waals surface area contributed by atoms with Crippen LogP contribution in [-0.4, -0.2) is 11.5 Å². The van der Waals surface area contributed by atoms with Gasteiger partial charge in [-0.05, 0) is 37.1 Å². The van der Waals surface area contributed by atoms with E-state index in [4.69, 9.17) is 0 Å². The molecule has 1 fully saturated rings. The highest BCUT2D eigenvalue weighted by Gasteiger charge is 2.17. The minimum atomic E-state index is 0.526. The van der Waals surface area contributed by atoms with E-state index in [0.717, 1.165) is 12.1 Å². The van der Waals surface area contributed by atoms with Gasteiger partial charge in [0.25, 0.3) is 0 Å². The lowest BCUT2D eigenvalue weighted by Gasteiger charge is -2.12. The van der Waals surface area contributed by atoms with E-state index in [1.807, 2.05) is 12.3 Å². The molecule has 1 saturated heterocycles. The Kier molecular flexibility index (Phi) is 2.14. The fourth-order valence-corrected chi connectivity index (χ4v) is 2.38. The number of nitrogens with one attached hydrogen (secondary N) is 1. The van der Waals surface area contributed by atoms with Gasteiger partial charge in [-0.3, -0.25) is 4.98 Å². The molecule has 2 heteroatoms. The third-order valence-corrected chi connectivity index (χ3v) is 3.12. The number of aromatic nitrogens is 1. The first-order valence-corrected chi connectivity index (χ1v) is 5.52. The Morgan fingerprint density at radius 1 is 1.20 bits per heavy atom. The van der Waals surface area contributed by atoms with Crippen LogP contribution in [0.4, 0.5) is 0 Å². The topological polar surface area (TPSA) is 24.9 Å². The highest BCUT2D eigenvalue weighted by Crippen LogP contribution is 2.28. The Labute approximate surface area is 89.3 Å². The molecule has 2 heterocycles. The van der Waals surface area contributed by atoms with Crippen LogP contribution in [0.3, 0.4) is 0 Å². The zero-order valence-electron chi connectivity index (χ0n) is 8.61. The van der Waals surface area contributed by atoms with E-state index in [1.165, 1.54) is 23.8 Å². The normalized spacial score (nSPS) is 20.9. The average molecular weight is 198 g/mol. The van der Waals surface area contributed by atoms with Crippen molar-refractivity contribution in [3.63, 3.8) is 0 Å². The highest BCUT2D eigenvalue weighted by molar-refractivity contribution is 5.82. The molecule has 1 aromatic heterocycles. The van der Waals surface area contributed by atoms with E-state index in [-0.39, 0.29) is 0 Å². The van der Waals surface area contributed by atoms with Gasteiger partial charge in [0.05, 0.1) is 5.52 Å². The van der Waals surface area contributed by atoms with Gasteiger partial charge in [0, 0.05) is 17.6 Å². The van der Waals surface area contributed by atoms with Gasteiger partial charge in [0.15, 0.2) is 0 Å². The lowest BCUT2D eigenvalue weighted by atomic mass is 10.0. The second-order valence-electron chi connectivity index (χ2n) is 4.07. The largest absolute Gasteiger partial charge is 0.310 e. The lowest BCUT2D eigenvalue weighted by Crippen LogP contribution is -2.13. The SMILES string of the molecule is c1cc([C@H]2CCCN2)c2cccnc2c1. The average Bonchev–Trinajstić information content (AvgIpc) is 2.82. The van der Waals surface area contributed by atoms with Crippen molar-refractivity contribution in [2.75, 3.05) is 6.54 Å². The van der Waals surface area contributed by atoms with Gasteiger partial charge in [0.2, 0.25) is 0 Å². The molecule has 0 saturated carbocycles. The van der Waals surface area contributed by atoms with E-state index >= 15 is 0 Å². The van der Waals surface area contributed by atoms with Crippen molar-refractivity contribution in [3.8, 4) is 0 Å². The fourth-order valence-electron chi connectivity index (χ4n) is 2.38. The van der Waals surface area contributed by atoms with Crippen LogP contribution in [0.15, 0.2) is 36.5 Å². The summed E-state index contributed by atoms with van der Waals surface area (Å²) in [5.41, 5.74) is 2.50. The minimum absolute atomic E-state index is 0.526. The summed E-state index contributed by atoms with van der Waals surface area (Å²) in [4.78, 5) is 4.39. The molecule has 0 bridgehead atoms. The molecule has 0 amide bonds. The second-order valence-corrected chi connectivity index (χ2v) is 4.07. The maximum atomic E-state index is 4.39. The number of rotatable bonds is 1. The quantitative estimate of drug-likeness (QED) is 0.762. The standard InChI is InChI=1S/C13H14N2/c1-4-10(13-7-3-9-15-13)11-5-2-8-14-12(11)6-1/h1-2,4-6,8,13,15H,3,7,9H2/t13-/m1/s1. The molecule has 0 radical (unpaired) electrons. The highest BCUT2D eigenvalue weighted by atomic mass is 14.9. The van der Waals surface area contributed by atoms with E-state index < -0.39 is 0 Å². The monoisotopic (exact) mass is 198 g/mol. The summed E-state index contributed by atoms with van der Waals surface area (Å²) in [6.07, 6.45) is 4.38. The van der Waals surface area contributed by atoms with Crippen LogP contribution in [0.1, 0.15) is 24.4 Å². The van der Waals surface area contributed by atoms with Crippen molar-refractivity contribution >= 4 is 10.9 Å². The molecule has 2 nitrogen and oxygen atoms in total. The summed E-state index contributed by atoms with van der Waals surface area (Å²) >= 11 is 0. The molecule has 2 aromatic rings. The van der Waals surface area contributed by atoms with Crippen LogP contribution in [-0.2, 0) is 0 Å². The molecule has 1 aromatic carbocycles. The Hall–Kier alpha value is -1.41. The molecule has 1 N–H and O–H groups in total. The van der Waals surface area contributed by atoms with Gasteiger partial charge in [-0.15, -0.1) is 0 Å². The first-order chi connectivity index (χ1) is 7.45. The molecule has 1 aliphatic heterocycles. The molecule has 0 aliphatic carbocycles. The summed E-state index contributed by atoms with van der Waals surface area (Å²) in [5.74, 6) is 0. The molecular weight excluding hydrogens is 184 g/mol. The number of fused-ring (bicyclic) bond motifs is 1. The van der Waals surface area contributed by atoms with Crippen LogP contribution in [0.2, 0.25) is 0 Å². The van der Waals surface area contributed by atoms with Gasteiger partial charge in [-0.1, -0.05) is 18.2 Å². The van der Waals surface area contributed by atoms with Crippen LogP contribution >= 0.6 is 0 Å². The van der Waals surface area contributed by atoms with E-state index in [2.05, 4.69) is 34.6 Å². The Bertz CT molecular complexity index is 467. The first kappa shape index (κ1) is 8.86. The van der Waals surface area contributed by atoms with Crippen molar-refractivity contribution in [2.45, 2.75) is 18.9 Å². The summed E-state index contributed by atoms with van der Waals surface area (Å²) in [7, 11) is 0. The summed E-state index contributed by atoms with van der Waals surface area (Å²) in [5, 5.41) is 4.83. The van der Waals surface area contributed by atoms with Gasteiger partial charge >= 0.3 is 0 Å². The number of nitrogens with zero attached hydrogens (tertiary/aromatic N) is 1. The number of benzene rings is 1. The van der Waals surface area contributed by atoms with E-state index in [0.29, 0.717) is 6.04 Å². The van der Waals surface area contributed by atoms with E-state index in [9.17, 15) is 0 Å². The summed E-state index contributed by atoms with van der Waals surface area (Å²) in [6, 6.07) is 11.1. The number of pyridine rings is 1. The van der Waals surface area contributed by atoms with Gasteiger partial charge in [-0.25, -0.2) is 0 Å². The summed E-state index contributed by atoms with van der Waals surface area (Å²) in [6.45, 7) is 1.14. The molecule has 0 unspecified atom stereocenters. The molecule has 3 rings (SSSR count). The third-order valence-electron chi connectivity index (χ3n) is 3.12. The molecule has 1 atom stereocenters. The van der Waals surface area contributed by atoms with Gasteiger partial charge in [0.1, 0.15) is 0 Å². The molecule has 0 spiro atoms. The van der Waals surface area contributed by atoms with Crippen molar-refractivity contribution < 1.29 is 0 Å². The molecular formula is C13H14N2. The predicted octanol–water partition coefficient (Wildman–Crippen LogP) is 2.66. The predicted molar refractivity (Wildman–Crippen MR) is 61.7 cm³/mol. The third kappa shape index (κ3) is 1.51.